The van der Waals surface area contributed by atoms with Crippen molar-refractivity contribution >= 4 is 29.7 Å². The number of amides is 2. The maximum absolute atomic E-state index is 12.1. The van der Waals surface area contributed by atoms with Crippen molar-refractivity contribution < 1.29 is 14.3 Å². The molecular weight excluding hydrogens is 414 g/mol. The Balaban J connectivity index is 1.91. The van der Waals surface area contributed by atoms with Gasteiger partial charge < -0.3 is 25.2 Å². The van der Waals surface area contributed by atoms with E-state index in [0.717, 1.165) is 25.3 Å². The lowest BCUT2D eigenvalue weighted by Crippen LogP contribution is -2.45. The number of nitrogens with zero attached hydrogens (tertiary/aromatic N) is 3. The predicted molar refractivity (Wildman–Crippen MR) is 126 cm³/mol. The highest BCUT2D eigenvalue weighted by Gasteiger charge is 2.28. The number of nitrogens with one attached hydrogen (secondary N) is 2. The van der Waals surface area contributed by atoms with E-state index in [1.807, 2.05) is 39.0 Å². The molecule has 0 aromatic heterocycles. The molecule has 1 unspecified atom stereocenters. The summed E-state index contributed by atoms with van der Waals surface area (Å²) in [5.41, 5.74) is -0.528. The second kappa shape index (κ2) is 11.8. The Bertz CT molecular complexity index is 749. The molecule has 0 saturated carbocycles. The molecule has 0 aliphatic carbocycles. The Morgan fingerprint density at radius 3 is 2.61 bits per heavy atom. The van der Waals surface area contributed by atoms with Crippen LogP contribution in [0.5, 0.6) is 0 Å². The standard InChI is InChI=1S/C22H35N5O3S/c1-22(2,3)30-21(29)25-17-11-13-27(16-17)20(24-15-19(28)26(4)5)23-12-14-31-18-9-7-6-8-10-18/h6-10,17H,11-16H2,1-5H3,(H,23,24)(H,25,29). The average molecular weight is 450 g/mol. The summed E-state index contributed by atoms with van der Waals surface area (Å²) >= 11 is 1.76. The summed E-state index contributed by atoms with van der Waals surface area (Å²) in [7, 11) is 3.44. The summed E-state index contributed by atoms with van der Waals surface area (Å²) in [5, 5.41) is 6.31. The number of aliphatic imine (C=N–C) groups is 1. The lowest BCUT2D eigenvalue weighted by Gasteiger charge is -2.24. The number of benzene rings is 1. The van der Waals surface area contributed by atoms with E-state index in [4.69, 9.17) is 4.74 Å². The molecule has 1 aromatic rings. The van der Waals surface area contributed by atoms with Gasteiger partial charge in [0, 0.05) is 44.4 Å². The third-order valence-corrected chi connectivity index (χ3v) is 5.48. The first-order valence-corrected chi connectivity index (χ1v) is 11.5. The van der Waals surface area contributed by atoms with Gasteiger partial charge in [-0.3, -0.25) is 4.79 Å². The van der Waals surface area contributed by atoms with Crippen LogP contribution in [0.4, 0.5) is 4.79 Å². The van der Waals surface area contributed by atoms with Gasteiger partial charge in [-0.25, -0.2) is 9.79 Å². The minimum atomic E-state index is -0.528. The molecule has 0 bridgehead atoms. The number of ether oxygens (including phenoxy) is 1. The highest BCUT2D eigenvalue weighted by atomic mass is 32.2. The van der Waals surface area contributed by atoms with E-state index in [-0.39, 0.29) is 18.5 Å². The first-order chi connectivity index (χ1) is 14.6. The van der Waals surface area contributed by atoms with E-state index >= 15 is 0 Å². The largest absolute Gasteiger partial charge is 0.444 e. The van der Waals surface area contributed by atoms with Gasteiger partial charge in [-0.1, -0.05) is 18.2 Å². The molecule has 0 radical (unpaired) electrons. The van der Waals surface area contributed by atoms with E-state index in [9.17, 15) is 9.59 Å². The molecular formula is C22H35N5O3S. The van der Waals surface area contributed by atoms with Crippen LogP contribution < -0.4 is 10.6 Å². The van der Waals surface area contributed by atoms with Crippen LogP contribution in [0.3, 0.4) is 0 Å². The van der Waals surface area contributed by atoms with E-state index < -0.39 is 11.7 Å². The Morgan fingerprint density at radius 2 is 1.97 bits per heavy atom. The average Bonchev–Trinajstić information content (AvgIpc) is 3.14. The molecule has 2 rings (SSSR count). The van der Waals surface area contributed by atoms with Gasteiger partial charge >= 0.3 is 6.09 Å². The zero-order chi connectivity index (χ0) is 22.9. The van der Waals surface area contributed by atoms with Crippen LogP contribution in [-0.2, 0) is 9.53 Å². The number of hydrogen-bond acceptors (Lipinski definition) is 5. The molecule has 2 N–H and O–H groups in total. The minimum Gasteiger partial charge on any atom is -0.444 e. The van der Waals surface area contributed by atoms with Crippen LogP contribution in [0.25, 0.3) is 0 Å². The number of likely N-dealkylation sites (tertiary alicyclic amines) is 1. The molecule has 9 heteroatoms. The van der Waals surface area contributed by atoms with Crippen molar-refractivity contribution in [3.8, 4) is 0 Å². The summed E-state index contributed by atoms with van der Waals surface area (Å²) in [4.78, 5) is 33.5. The molecule has 0 spiro atoms. The summed E-state index contributed by atoms with van der Waals surface area (Å²) in [6.07, 6.45) is 0.383. The zero-order valence-corrected chi connectivity index (χ0v) is 20.0. The molecule has 1 saturated heterocycles. The van der Waals surface area contributed by atoms with Gasteiger partial charge in [-0.15, -0.1) is 11.8 Å². The lowest BCUT2D eigenvalue weighted by atomic mass is 10.2. The molecule has 172 valence electrons. The third kappa shape index (κ3) is 9.50. The lowest BCUT2D eigenvalue weighted by molar-refractivity contribution is -0.127. The topological polar surface area (TPSA) is 86.3 Å². The van der Waals surface area contributed by atoms with Gasteiger partial charge in [-0.05, 0) is 39.3 Å². The van der Waals surface area contributed by atoms with Crippen LogP contribution in [0.1, 0.15) is 27.2 Å². The van der Waals surface area contributed by atoms with Gasteiger partial charge in [0.2, 0.25) is 5.91 Å². The Hall–Kier alpha value is -2.42. The van der Waals surface area contributed by atoms with E-state index in [1.165, 1.54) is 9.80 Å². The molecule has 31 heavy (non-hydrogen) atoms. The van der Waals surface area contributed by atoms with Crippen molar-refractivity contribution in [2.75, 3.05) is 46.0 Å². The fourth-order valence-electron chi connectivity index (χ4n) is 2.94. The van der Waals surface area contributed by atoms with E-state index in [1.54, 1.807) is 25.9 Å². The number of rotatable bonds is 7. The number of alkyl carbamates (subject to hydrolysis) is 1. The molecule has 8 nitrogen and oxygen atoms in total. The minimum absolute atomic E-state index is 0.0231. The van der Waals surface area contributed by atoms with Gasteiger partial charge in [0.1, 0.15) is 12.1 Å². The van der Waals surface area contributed by atoms with Crippen molar-refractivity contribution in [1.82, 2.24) is 20.4 Å². The maximum Gasteiger partial charge on any atom is 0.407 e. The van der Waals surface area contributed by atoms with Crippen molar-refractivity contribution in [2.24, 2.45) is 4.99 Å². The van der Waals surface area contributed by atoms with E-state index in [2.05, 4.69) is 32.7 Å². The van der Waals surface area contributed by atoms with Crippen molar-refractivity contribution in [3.63, 3.8) is 0 Å². The Kier molecular flexibility index (Phi) is 9.48. The SMILES string of the molecule is CN(C)C(=O)CN=C(NCCSc1ccccc1)N1CCC(NC(=O)OC(C)(C)C)C1. The molecule has 1 aliphatic heterocycles. The normalized spacial score (nSPS) is 16.7. The number of thioether (sulfide) groups is 1. The number of carbonyl (C=O) groups is 2. The summed E-state index contributed by atoms with van der Waals surface area (Å²) < 4.78 is 5.35. The number of hydrogen-bond donors (Lipinski definition) is 2. The smallest absolute Gasteiger partial charge is 0.407 e. The van der Waals surface area contributed by atoms with E-state index in [0.29, 0.717) is 12.5 Å². The zero-order valence-electron chi connectivity index (χ0n) is 19.2. The monoisotopic (exact) mass is 449 g/mol. The first-order valence-electron chi connectivity index (χ1n) is 10.5. The number of likely N-dealkylation sites (N-methyl/N-ethyl adjacent to an activating group) is 1. The first kappa shape index (κ1) is 24.8. The second-order valence-electron chi connectivity index (χ2n) is 8.59. The second-order valence-corrected chi connectivity index (χ2v) is 9.76. The highest BCUT2D eigenvalue weighted by Crippen LogP contribution is 2.16. The highest BCUT2D eigenvalue weighted by molar-refractivity contribution is 7.99. The van der Waals surface area contributed by atoms with Crippen LogP contribution in [0, 0.1) is 0 Å². The summed E-state index contributed by atoms with van der Waals surface area (Å²) in [5.74, 6) is 1.51. The third-order valence-electron chi connectivity index (χ3n) is 4.47. The summed E-state index contributed by atoms with van der Waals surface area (Å²) in [6, 6.07) is 10.2. The van der Waals surface area contributed by atoms with Crippen molar-refractivity contribution in [1.29, 1.82) is 0 Å². The maximum atomic E-state index is 12.1. The van der Waals surface area contributed by atoms with Crippen LogP contribution in [0.15, 0.2) is 40.2 Å². The molecule has 1 fully saturated rings. The molecule has 1 heterocycles. The van der Waals surface area contributed by atoms with Crippen molar-refractivity contribution in [3.05, 3.63) is 30.3 Å². The number of carbonyl (C=O) groups excluding carboxylic acids is 2. The van der Waals surface area contributed by atoms with Gasteiger partial charge in [-0.2, -0.15) is 0 Å². The van der Waals surface area contributed by atoms with Crippen LogP contribution in [-0.4, -0.2) is 85.4 Å². The van der Waals surface area contributed by atoms with Crippen LogP contribution >= 0.6 is 11.8 Å². The fraction of sp³-hybridized carbons (Fsp3) is 0.591. The Labute approximate surface area is 189 Å². The molecule has 1 aromatic carbocycles. The van der Waals surface area contributed by atoms with Gasteiger partial charge in [0.05, 0.1) is 6.04 Å². The fourth-order valence-corrected chi connectivity index (χ4v) is 3.73. The van der Waals surface area contributed by atoms with Crippen molar-refractivity contribution in [2.45, 2.75) is 43.7 Å². The Morgan fingerprint density at radius 1 is 1.26 bits per heavy atom. The molecule has 1 atom stereocenters. The van der Waals surface area contributed by atoms with Gasteiger partial charge in [0.25, 0.3) is 0 Å². The quantitative estimate of drug-likeness (QED) is 0.288. The van der Waals surface area contributed by atoms with Crippen LogP contribution in [0.2, 0.25) is 0 Å². The molecule has 2 amide bonds. The summed E-state index contributed by atoms with van der Waals surface area (Å²) in [6.45, 7) is 7.70. The number of guanidine groups is 1. The van der Waals surface area contributed by atoms with Gasteiger partial charge in [0.15, 0.2) is 5.96 Å². The predicted octanol–water partition coefficient (Wildman–Crippen LogP) is 2.41. The molecule has 1 aliphatic rings.